The molecule has 0 aliphatic rings. The number of carbonyl (C=O) groups excluding carboxylic acids is 1. The van der Waals surface area contributed by atoms with Gasteiger partial charge >= 0.3 is 11.9 Å². The number of hydrogen-bond acceptors (Lipinski definition) is 3. The molecule has 0 saturated carbocycles. The van der Waals surface area contributed by atoms with Crippen LogP contribution >= 0.6 is 0 Å². The summed E-state index contributed by atoms with van der Waals surface area (Å²) in [5.41, 5.74) is 1.29. The number of carboxylic acids is 1. The molecule has 4 heteroatoms. The first-order valence-electron chi connectivity index (χ1n) is 6.60. The van der Waals surface area contributed by atoms with Gasteiger partial charge in [0.15, 0.2) is 0 Å². The lowest BCUT2D eigenvalue weighted by Gasteiger charge is -2.02. The molecule has 2 aromatic carbocycles. The van der Waals surface area contributed by atoms with Crippen LogP contribution in [0.15, 0.2) is 42.5 Å². The second-order valence-corrected chi connectivity index (χ2v) is 4.64. The molecule has 0 amide bonds. The van der Waals surface area contributed by atoms with Crippen molar-refractivity contribution in [3.8, 4) is 0 Å². The van der Waals surface area contributed by atoms with Crippen molar-refractivity contribution in [3.05, 3.63) is 53.6 Å². The molecule has 1 N–H and O–H groups in total. The van der Waals surface area contributed by atoms with Gasteiger partial charge in [-0.3, -0.25) is 4.79 Å². The molecule has 0 aliphatic carbocycles. The minimum Gasteiger partial charge on any atom is -0.478 e. The third-order valence-electron chi connectivity index (χ3n) is 3.16. The van der Waals surface area contributed by atoms with E-state index in [9.17, 15) is 9.59 Å². The summed E-state index contributed by atoms with van der Waals surface area (Å²) in [6.45, 7) is 0. The Labute approximate surface area is 122 Å². The van der Waals surface area contributed by atoms with Gasteiger partial charge in [-0.1, -0.05) is 30.4 Å². The van der Waals surface area contributed by atoms with E-state index in [-0.39, 0.29) is 11.5 Å². The zero-order valence-electron chi connectivity index (χ0n) is 11.7. The van der Waals surface area contributed by atoms with Crippen LogP contribution in [0, 0.1) is 0 Å². The number of benzene rings is 2. The Kier molecular flexibility index (Phi) is 4.72. The van der Waals surface area contributed by atoms with Gasteiger partial charge in [-0.15, -0.1) is 0 Å². The zero-order valence-corrected chi connectivity index (χ0v) is 11.7. The van der Waals surface area contributed by atoms with Crippen LogP contribution in [-0.2, 0) is 9.53 Å². The van der Waals surface area contributed by atoms with Gasteiger partial charge in [0, 0.05) is 6.42 Å². The summed E-state index contributed by atoms with van der Waals surface area (Å²) in [5.74, 6) is -1.15. The normalized spacial score (nSPS) is 10.9. The van der Waals surface area contributed by atoms with E-state index in [1.54, 1.807) is 18.2 Å². The topological polar surface area (TPSA) is 63.6 Å². The van der Waals surface area contributed by atoms with Gasteiger partial charge in [0.05, 0.1) is 12.7 Å². The minimum atomic E-state index is -0.927. The molecule has 0 aromatic heterocycles. The van der Waals surface area contributed by atoms with Crippen LogP contribution in [0.5, 0.6) is 0 Å². The number of carbonyl (C=O) groups is 2. The molecule has 0 saturated heterocycles. The number of fused-ring (bicyclic) bond motifs is 1. The molecular weight excluding hydrogens is 268 g/mol. The van der Waals surface area contributed by atoms with E-state index in [0.29, 0.717) is 12.8 Å². The van der Waals surface area contributed by atoms with Crippen molar-refractivity contribution in [2.45, 2.75) is 12.8 Å². The number of ether oxygens (including phenoxy) is 1. The van der Waals surface area contributed by atoms with Gasteiger partial charge in [0.2, 0.25) is 0 Å². The van der Waals surface area contributed by atoms with Crippen LogP contribution in [0.3, 0.4) is 0 Å². The highest BCUT2D eigenvalue weighted by Gasteiger charge is 2.03. The molecule has 0 fully saturated rings. The average Bonchev–Trinajstić information content (AvgIpc) is 2.50. The fourth-order valence-corrected chi connectivity index (χ4v) is 2.02. The Morgan fingerprint density at radius 1 is 1.14 bits per heavy atom. The molecule has 2 aromatic rings. The van der Waals surface area contributed by atoms with Crippen molar-refractivity contribution in [2.24, 2.45) is 0 Å². The maximum absolute atomic E-state index is 11.0. The fourth-order valence-electron chi connectivity index (χ4n) is 2.02. The molecule has 2 rings (SSSR count). The van der Waals surface area contributed by atoms with E-state index < -0.39 is 5.97 Å². The number of esters is 1. The molecular formula is C17H16O4. The lowest BCUT2D eigenvalue weighted by Crippen LogP contribution is -1.97. The van der Waals surface area contributed by atoms with Crippen molar-refractivity contribution in [2.75, 3.05) is 7.11 Å². The average molecular weight is 284 g/mol. The lowest BCUT2D eigenvalue weighted by molar-refractivity contribution is -0.140. The van der Waals surface area contributed by atoms with Crippen molar-refractivity contribution in [1.29, 1.82) is 0 Å². The van der Waals surface area contributed by atoms with Crippen molar-refractivity contribution >= 4 is 28.8 Å². The number of allylic oxidation sites excluding steroid dienone is 1. The molecule has 0 unspecified atom stereocenters. The van der Waals surface area contributed by atoms with Gasteiger partial charge in [0.1, 0.15) is 0 Å². The molecule has 0 atom stereocenters. The van der Waals surface area contributed by atoms with E-state index in [4.69, 9.17) is 5.11 Å². The Bertz CT molecular complexity index is 701. The van der Waals surface area contributed by atoms with E-state index >= 15 is 0 Å². The Hall–Kier alpha value is -2.62. The van der Waals surface area contributed by atoms with Gasteiger partial charge in [-0.2, -0.15) is 0 Å². The standard InChI is InChI=1S/C17H16O4/c1-21-16(18)5-3-2-4-12-6-7-14-11-15(17(19)20)9-8-13(14)10-12/h2,4,6-11H,3,5H2,1H3,(H,19,20). The first kappa shape index (κ1) is 14.8. The minimum absolute atomic E-state index is 0.223. The summed E-state index contributed by atoms with van der Waals surface area (Å²) < 4.78 is 4.57. The van der Waals surface area contributed by atoms with Crippen LogP contribution in [0.25, 0.3) is 16.8 Å². The predicted molar refractivity (Wildman–Crippen MR) is 81.2 cm³/mol. The maximum Gasteiger partial charge on any atom is 0.335 e. The van der Waals surface area contributed by atoms with Crippen molar-refractivity contribution < 1.29 is 19.4 Å². The molecule has 4 nitrogen and oxygen atoms in total. The Morgan fingerprint density at radius 3 is 2.57 bits per heavy atom. The summed E-state index contributed by atoms with van der Waals surface area (Å²) >= 11 is 0. The monoisotopic (exact) mass is 284 g/mol. The lowest BCUT2D eigenvalue weighted by atomic mass is 10.0. The molecule has 0 heterocycles. The smallest absolute Gasteiger partial charge is 0.335 e. The predicted octanol–water partition coefficient (Wildman–Crippen LogP) is 3.50. The first-order valence-corrected chi connectivity index (χ1v) is 6.60. The van der Waals surface area contributed by atoms with E-state index in [0.717, 1.165) is 16.3 Å². The summed E-state index contributed by atoms with van der Waals surface area (Å²) in [7, 11) is 1.38. The van der Waals surface area contributed by atoms with Crippen LogP contribution in [0.2, 0.25) is 0 Å². The van der Waals surface area contributed by atoms with E-state index in [2.05, 4.69) is 4.74 Å². The third-order valence-corrected chi connectivity index (χ3v) is 3.16. The number of carboxylic acid groups (broad SMARTS) is 1. The second kappa shape index (κ2) is 6.70. The summed E-state index contributed by atoms with van der Waals surface area (Å²) in [5, 5.41) is 10.8. The number of hydrogen-bond donors (Lipinski definition) is 1. The van der Waals surface area contributed by atoms with E-state index in [1.807, 2.05) is 30.4 Å². The maximum atomic E-state index is 11.0. The van der Waals surface area contributed by atoms with Gasteiger partial charge < -0.3 is 9.84 Å². The second-order valence-electron chi connectivity index (χ2n) is 4.64. The highest BCUT2D eigenvalue weighted by molar-refractivity contribution is 5.94. The Morgan fingerprint density at radius 2 is 1.86 bits per heavy atom. The number of rotatable bonds is 5. The largest absolute Gasteiger partial charge is 0.478 e. The van der Waals surface area contributed by atoms with Crippen molar-refractivity contribution in [3.63, 3.8) is 0 Å². The van der Waals surface area contributed by atoms with Gasteiger partial charge in [0.25, 0.3) is 0 Å². The molecule has 21 heavy (non-hydrogen) atoms. The highest BCUT2D eigenvalue weighted by atomic mass is 16.5. The van der Waals surface area contributed by atoms with E-state index in [1.165, 1.54) is 7.11 Å². The van der Waals surface area contributed by atoms with Crippen molar-refractivity contribution in [1.82, 2.24) is 0 Å². The summed E-state index contributed by atoms with van der Waals surface area (Å²) in [6.07, 6.45) is 4.85. The molecule has 0 radical (unpaired) electrons. The molecule has 0 aliphatic heterocycles. The fraction of sp³-hybridized carbons (Fsp3) is 0.176. The zero-order chi connectivity index (χ0) is 15.2. The molecule has 0 spiro atoms. The van der Waals surface area contributed by atoms with Crippen LogP contribution in [-0.4, -0.2) is 24.2 Å². The summed E-state index contributed by atoms with van der Waals surface area (Å²) in [4.78, 5) is 21.9. The molecule has 108 valence electrons. The molecule has 0 bridgehead atoms. The summed E-state index contributed by atoms with van der Waals surface area (Å²) in [6, 6.07) is 10.8. The SMILES string of the molecule is COC(=O)CCC=Cc1ccc2cc(C(=O)O)ccc2c1. The number of aromatic carboxylic acids is 1. The van der Waals surface area contributed by atoms with Gasteiger partial charge in [-0.05, 0) is 41.0 Å². The third kappa shape index (κ3) is 3.92. The highest BCUT2D eigenvalue weighted by Crippen LogP contribution is 2.19. The van der Waals surface area contributed by atoms with Gasteiger partial charge in [-0.25, -0.2) is 4.79 Å². The van der Waals surface area contributed by atoms with Crippen LogP contribution < -0.4 is 0 Å². The van der Waals surface area contributed by atoms with Crippen LogP contribution in [0.1, 0.15) is 28.8 Å². The number of methoxy groups -OCH3 is 1. The quantitative estimate of drug-likeness (QED) is 0.853. The first-order chi connectivity index (χ1) is 10.1. The van der Waals surface area contributed by atoms with Crippen LogP contribution in [0.4, 0.5) is 0 Å². The Balaban J connectivity index is 2.12.